The molecule has 13 heavy (non-hydrogen) atoms. The summed E-state index contributed by atoms with van der Waals surface area (Å²) in [5.41, 5.74) is 0. The third-order valence-electron chi connectivity index (χ3n) is 1.56. The van der Waals surface area contributed by atoms with E-state index in [1.165, 1.54) is 12.4 Å². The average molecular weight is 178 g/mol. The fraction of sp³-hybridized carbons (Fsp3) is 0. The summed E-state index contributed by atoms with van der Waals surface area (Å²) in [7, 11) is 0. The number of imidazole rings is 1. The molecular formula is C8H6N2O3. The van der Waals surface area contributed by atoms with Crippen LogP contribution in [0.4, 0.5) is 0 Å². The molecule has 0 unspecified atom stereocenters. The normalized spacial score (nSPS) is 10.2. The summed E-state index contributed by atoms with van der Waals surface area (Å²) >= 11 is 0. The minimum Gasteiger partial charge on any atom is -0.475 e. The van der Waals surface area contributed by atoms with E-state index >= 15 is 0 Å². The second-order valence-corrected chi connectivity index (χ2v) is 2.41. The highest BCUT2D eigenvalue weighted by molar-refractivity contribution is 5.84. The van der Waals surface area contributed by atoms with Crippen molar-refractivity contribution >= 4 is 5.97 Å². The van der Waals surface area contributed by atoms with Gasteiger partial charge in [0.1, 0.15) is 6.33 Å². The zero-order chi connectivity index (χ0) is 9.26. The molecule has 0 saturated carbocycles. The lowest BCUT2D eigenvalue weighted by Gasteiger charge is -1.93. The maximum atomic E-state index is 10.5. The van der Waals surface area contributed by atoms with E-state index in [0.717, 1.165) is 0 Å². The Bertz CT molecular complexity index is 416. The smallest absolute Gasteiger partial charge is 0.371 e. The number of carboxylic acid groups (broad SMARTS) is 1. The number of aromatic carboxylic acids is 1. The Balaban J connectivity index is 2.39. The molecule has 0 atom stereocenters. The number of carboxylic acids is 1. The third kappa shape index (κ3) is 1.31. The number of hydrogen-bond acceptors (Lipinski definition) is 3. The summed E-state index contributed by atoms with van der Waals surface area (Å²) in [4.78, 5) is 14.3. The van der Waals surface area contributed by atoms with Gasteiger partial charge in [-0.15, -0.1) is 0 Å². The zero-order valence-corrected chi connectivity index (χ0v) is 6.54. The fourth-order valence-electron chi connectivity index (χ4n) is 0.971. The van der Waals surface area contributed by atoms with Crippen molar-refractivity contribution in [2.24, 2.45) is 0 Å². The third-order valence-corrected chi connectivity index (χ3v) is 1.56. The number of hydrogen-bond donors (Lipinski definition) is 1. The van der Waals surface area contributed by atoms with Gasteiger partial charge in [-0.05, 0) is 6.07 Å². The minimum absolute atomic E-state index is 0.0799. The van der Waals surface area contributed by atoms with Gasteiger partial charge in [0.15, 0.2) is 0 Å². The van der Waals surface area contributed by atoms with Gasteiger partial charge in [0.2, 0.25) is 11.6 Å². The number of nitrogens with zero attached hydrogens (tertiary/aromatic N) is 2. The molecular weight excluding hydrogens is 172 g/mol. The molecule has 0 aliphatic heterocycles. The van der Waals surface area contributed by atoms with Gasteiger partial charge in [-0.1, -0.05) is 0 Å². The summed E-state index contributed by atoms with van der Waals surface area (Å²) < 4.78 is 6.60. The van der Waals surface area contributed by atoms with E-state index in [-0.39, 0.29) is 5.76 Å². The van der Waals surface area contributed by atoms with Crippen molar-refractivity contribution in [1.29, 1.82) is 0 Å². The van der Waals surface area contributed by atoms with Crippen LogP contribution in [0.5, 0.6) is 0 Å². The second kappa shape index (κ2) is 2.78. The molecule has 0 radical (unpaired) electrons. The fourth-order valence-corrected chi connectivity index (χ4v) is 0.971. The Morgan fingerprint density at radius 1 is 1.54 bits per heavy atom. The van der Waals surface area contributed by atoms with Crippen molar-refractivity contribution in [3.8, 4) is 5.88 Å². The van der Waals surface area contributed by atoms with E-state index in [0.29, 0.717) is 5.88 Å². The van der Waals surface area contributed by atoms with Crippen LogP contribution in [0.3, 0.4) is 0 Å². The molecule has 5 nitrogen and oxygen atoms in total. The van der Waals surface area contributed by atoms with Gasteiger partial charge in [0, 0.05) is 18.5 Å². The molecule has 0 aromatic carbocycles. The minimum atomic E-state index is -1.08. The maximum Gasteiger partial charge on any atom is 0.371 e. The molecule has 0 aliphatic rings. The first-order chi connectivity index (χ1) is 6.27. The molecule has 0 saturated heterocycles. The molecule has 2 rings (SSSR count). The molecule has 0 bridgehead atoms. The number of carbonyl (C=O) groups is 1. The lowest BCUT2D eigenvalue weighted by atomic mass is 10.5. The van der Waals surface area contributed by atoms with E-state index in [1.807, 2.05) is 0 Å². The molecule has 2 aromatic rings. The molecule has 0 amide bonds. The molecule has 2 heterocycles. The second-order valence-electron chi connectivity index (χ2n) is 2.41. The highest BCUT2D eigenvalue weighted by Gasteiger charge is 2.09. The maximum absolute atomic E-state index is 10.5. The topological polar surface area (TPSA) is 68.3 Å². The average Bonchev–Trinajstić information content (AvgIpc) is 2.75. The Labute approximate surface area is 73.2 Å². The van der Waals surface area contributed by atoms with Gasteiger partial charge in [-0.25, -0.2) is 9.78 Å². The Morgan fingerprint density at radius 2 is 2.38 bits per heavy atom. The largest absolute Gasteiger partial charge is 0.475 e. The molecule has 0 fully saturated rings. The Morgan fingerprint density at radius 3 is 2.92 bits per heavy atom. The highest BCUT2D eigenvalue weighted by atomic mass is 16.4. The number of furan rings is 1. The first-order valence-corrected chi connectivity index (χ1v) is 3.59. The number of aromatic nitrogens is 2. The van der Waals surface area contributed by atoms with Crippen LogP contribution in [0.1, 0.15) is 10.6 Å². The Kier molecular flexibility index (Phi) is 1.63. The first-order valence-electron chi connectivity index (χ1n) is 3.59. The molecule has 2 aromatic heterocycles. The molecule has 1 N–H and O–H groups in total. The van der Waals surface area contributed by atoms with Gasteiger partial charge >= 0.3 is 5.97 Å². The predicted molar refractivity (Wildman–Crippen MR) is 42.8 cm³/mol. The standard InChI is InChI=1S/C8H6N2O3/c11-8(12)6-1-2-7(13-6)10-4-3-9-5-10/h1-5H,(H,11,12). The summed E-state index contributed by atoms with van der Waals surface area (Å²) in [5.74, 6) is -0.718. The van der Waals surface area contributed by atoms with Gasteiger partial charge in [-0.3, -0.25) is 4.57 Å². The van der Waals surface area contributed by atoms with Gasteiger partial charge in [-0.2, -0.15) is 0 Å². The van der Waals surface area contributed by atoms with Crippen LogP contribution in [0, 0.1) is 0 Å². The van der Waals surface area contributed by atoms with Gasteiger partial charge in [0.25, 0.3) is 0 Å². The lowest BCUT2D eigenvalue weighted by molar-refractivity contribution is 0.0662. The SMILES string of the molecule is O=C(O)c1ccc(-n2ccnc2)o1. The zero-order valence-electron chi connectivity index (χ0n) is 6.54. The highest BCUT2D eigenvalue weighted by Crippen LogP contribution is 2.11. The molecule has 5 heteroatoms. The van der Waals surface area contributed by atoms with Crippen LogP contribution >= 0.6 is 0 Å². The van der Waals surface area contributed by atoms with Crippen molar-refractivity contribution in [2.45, 2.75) is 0 Å². The van der Waals surface area contributed by atoms with Crippen LogP contribution < -0.4 is 0 Å². The van der Waals surface area contributed by atoms with Crippen molar-refractivity contribution in [3.05, 3.63) is 36.6 Å². The summed E-state index contributed by atoms with van der Waals surface area (Å²) in [6.07, 6.45) is 4.79. The monoisotopic (exact) mass is 178 g/mol. The van der Waals surface area contributed by atoms with Gasteiger partial charge in [0.05, 0.1) is 0 Å². The van der Waals surface area contributed by atoms with E-state index in [2.05, 4.69) is 4.98 Å². The van der Waals surface area contributed by atoms with Crippen LogP contribution in [-0.4, -0.2) is 20.6 Å². The first kappa shape index (κ1) is 7.60. The molecule has 0 spiro atoms. The van der Waals surface area contributed by atoms with Crippen LogP contribution in [-0.2, 0) is 0 Å². The van der Waals surface area contributed by atoms with E-state index in [1.54, 1.807) is 23.0 Å². The van der Waals surface area contributed by atoms with E-state index in [9.17, 15) is 4.79 Å². The van der Waals surface area contributed by atoms with Crippen molar-refractivity contribution in [3.63, 3.8) is 0 Å². The predicted octanol–water partition coefficient (Wildman–Crippen LogP) is 1.16. The Hall–Kier alpha value is -2.04. The van der Waals surface area contributed by atoms with Crippen molar-refractivity contribution < 1.29 is 14.3 Å². The number of rotatable bonds is 2. The van der Waals surface area contributed by atoms with Crippen LogP contribution in [0.2, 0.25) is 0 Å². The lowest BCUT2D eigenvalue weighted by Crippen LogP contribution is -1.92. The van der Waals surface area contributed by atoms with Crippen molar-refractivity contribution in [2.75, 3.05) is 0 Å². The summed E-state index contributed by atoms with van der Waals surface area (Å²) in [5, 5.41) is 8.58. The quantitative estimate of drug-likeness (QED) is 0.749. The van der Waals surface area contributed by atoms with Crippen LogP contribution in [0.15, 0.2) is 35.3 Å². The van der Waals surface area contributed by atoms with E-state index in [4.69, 9.17) is 9.52 Å². The summed E-state index contributed by atoms with van der Waals surface area (Å²) in [6.45, 7) is 0. The summed E-state index contributed by atoms with van der Waals surface area (Å²) in [6, 6.07) is 2.97. The van der Waals surface area contributed by atoms with E-state index < -0.39 is 5.97 Å². The van der Waals surface area contributed by atoms with Crippen molar-refractivity contribution in [1.82, 2.24) is 9.55 Å². The van der Waals surface area contributed by atoms with Gasteiger partial charge < -0.3 is 9.52 Å². The molecule has 66 valence electrons. The molecule has 0 aliphatic carbocycles. The van der Waals surface area contributed by atoms with Crippen LogP contribution in [0.25, 0.3) is 5.88 Å².